The van der Waals surface area contributed by atoms with E-state index < -0.39 is 11.7 Å². The number of ether oxygens (including phenoxy) is 1. The van der Waals surface area contributed by atoms with Gasteiger partial charge < -0.3 is 10.1 Å². The minimum absolute atomic E-state index is 0.226. The Bertz CT molecular complexity index is 1170. The number of nitrogens with one attached hydrogen (secondary N) is 2. The lowest BCUT2D eigenvalue weighted by atomic mass is 10.2. The predicted molar refractivity (Wildman–Crippen MR) is 130 cm³/mol. The molecule has 9 nitrogen and oxygen atoms in total. The topological polar surface area (TPSA) is 109 Å². The van der Waals surface area contributed by atoms with Crippen LogP contribution in [0.25, 0.3) is 21.7 Å². The van der Waals surface area contributed by atoms with E-state index in [1.54, 1.807) is 25.4 Å². The van der Waals surface area contributed by atoms with Gasteiger partial charge in [0.2, 0.25) is 0 Å². The smallest absolute Gasteiger partial charge is 0.415 e. The van der Waals surface area contributed by atoms with Crippen LogP contribution in [0.1, 0.15) is 46.5 Å². The van der Waals surface area contributed by atoms with E-state index in [1.165, 1.54) is 16.2 Å². The number of hydrogen-bond acceptors (Lipinski definition) is 7. The number of nitrogens with zero attached hydrogens (tertiary/aromatic N) is 4. The summed E-state index contributed by atoms with van der Waals surface area (Å²) in [5.74, 6) is 0.418. The number of hydrogen-bond donors (Lipinski definition) is 2. The van der Waals surface area contributed by atoms with Gasteiger partial charge in [-0.2, -0.15) is 0 Å². The maximum absolute atomic E-state index is 12.3. The largest absolute Gasteiger partial charge is 0.443 e. The fourth-order valence-corrected chi connectivity index (χ4v) is 4.47. The molecule has 1 fully saturated rings. The summed E-state index contributed by atoms with van der Waals surface area (Å²) in [6, 6.07) is 7.18. The highest BCUT2D eigenvalue weighted by molar-refractivity contribution is 7.19. The van der Waals surface area contributed by atoms with E-state index in [9.17, 15) is 9.59 Å². The number of aromatic nitrogens is 3. The van der Waals surface area contributed by atoms with E-state index in [4.69, 9.17) is 4.74 Å². The van der Waals surface area contributed by atoms with E-state index in [1.807, 2.05) is 32.9 Å². The molecule has 0 aromatic carbocycles. The van der Waals surface area contributed by atoms with Crippen molar-refractivity contribution >= 4 is 45.4 Å². The average Bonchev–Trinajstić information content (AvgIpc) is 3.43. The molecule has 1 aliphatic carbocycles. The maximum atomic E-state index is 12.3. The van der Waals surface area contributed by atoms with E-state index in [2.05, 4.69) is 25.6 Å². The Balaban J connectivity index is 1.49. The molecule has 0 saturated heterocycles. The van der Waals surface area contributed by atoms with Crippen LogP contribution in [0, 0.1) is 0 Å². The van der Waals surface area contributed by atoms with Crippen LogP contribution < -0.4 is 15.5 Å². The van der Waals surface area contributed by atoms with Crippen molar-refractivity contribution in [2.75, 3.05) is 17.3 Å². The first kappa shape index (κ1) is 22.9. The van der Waals surface area contributed by atoms with Crippen molar-refractivity contribution in [2.45, 2.75) is 58.1 Å². The first-order valence-corrected chi connectivity index (χ1v) is 11.8. The third kappa shape index (κ3) is 5.75. The van der Waals surface area contributed by atoms with Gasteiger partial charge in [0.15, 0.2) is 5.65 Å². The van der Waals surface area contributed by atoms with Gasteiger partial charge in [0.1, 0.15) is 27.6 Å². The van der Waals surface area contributed by atoms with E-state index in [0.29, 0.717) is 22.7 Å². The molecule has 3 amide bonds. The number of amides is 3. The lowest BCUT2D eigenvalue weighted by Gasteiger charge is -2.23. The fraction of sp³-hybridized carbons (Fsp3) is 0.435. The van der Waals surface area contributed by atoms with Crippen LogP contribution in [0.4, 0.5) is 20.4 Å². The second-order valence-corrected chi connectivity index (χ2v) is 10.1. The summed E-state index contributed by atoms with van der Waals surface area (Å²) in [6.07, 6.45) is 5.57. The Hall–Kier alpha value is -3.27. The van der Waals surface area contributed by atoms with Crippen LogP contribution in [-0.2, 0) is 4.74 Å². The molecule has 3 aromatic rings. The Kier molecular flexibility index (Phi) is 6.46. The number of carbonyl (C=O) groups excluding carboxylic acids is 2. The number of carbonyl (C=O) groups is 2. The molecule has 4 rings (SSSR count). The van der Waals surface area contributed by atoms with Gasteiger partial charge in [0.05, 0.1) is 11.1 Å². The summed E-state index contributed by atoms with van der Waals surface area (Å²) < 4.78 is 5.43. The zero-order valence-corrected chi connectivity index (χ0v) is 20.0. The summed E-state index contributed by atoms with van der Waals surface area (Å²) in [5, 5.41) is 6.50. The molecule has 0 radical (unpaired) electrons. The predicted octanol–water partition coefficient (Wildman–Crippen LogP) is 5.19. The quantitative estimate of drug-likeness (QED) is 0.545. The third-order valence-electron chi connectivity index (χ3n) is 5.18. The van der Waals surface area contributed by atoms with Crippen molar-refractivity contribution in [3.05, 3.63) is 30.5 Å². The second kappa shape index (κ2) is 9.30. The van der Waals surface area contributed by atoms with Crippen molar-refractivity contribution in [1.29, 1.82) is 0 Å². The number of thiophene rings is 1. The van der Waals surface area contributed by atoms with Gasteiger partial charge >= 0.3 is 12.1 Å². The van der Waals surface area contributed by atoms with Crippen molar-refractivity contribution < 1.29 is 14.3 Å². The molecule has 0 bridgehead atoms. The molecular formula is C23H28N6O3S. The third-order valence-corrected chi connectivity index (χ3v) is 6.37. The standard InChI is InChI=1S/C23H28N6O3S/c1-23(2,3)32-22(31)29(4)19-12-10-17(33-19)16-13-24-15-9-11-18(27-20(15)26-16)28-21(30)25-14-7-5-6-8-14/h9-14H,5-8H2,1-4H3,(H2,25,26,27,28,30). The fourth-order valence-electron chi connectivity index (χ4n) is 3.56. The lowest BCUT2D eigenvalue weighted by Crippen LogP contribution is -2.36. The Morgan fingerprint density at radius 2 is 1.88 bits per heavy atom. The van der Waals surface area contributed by atoms with Crippen molar-refractivity contribution in [2.24, 2.45) is 0 Å². The van der Waals surface area contributed by atoms with Gasteiger partial charge in [0, 0.05) is 13.1 Å². The van der Waals surface area contributed by atoms with Gasteiger partial charge in [-0.25, -0.2) is 19.6 Å². The number of fused-ring (bicyclic) bond motifs is 1. The molecule has 33 heavy (non-hydrogen) atoms. The SMILES string of the molecule is CN(C(=O)OC(C)(C)C)c1ccc(-c2cnc3ccc(NC(=O)NC4CCCC4)nc3n2)s1. The monoisotopic (exact) mass is 468 g/mol. The minimum Gasteiger partial charge on any atom is -0.443 e. The molecule has 1 saturated carbocycles. The van der Waals surface area contributed by atoms with Crippen molar-refractivity contribution in [1.82, 2.24) is 20.3 Å². The van der Waals surface area contributed by atoms with E-state index in [0.717, 1.165) is 35.6 Å². The highest BCUT2D eigenvalue weighted by Gasteiger charge is 2.22. The average molecular weight is 469 g/mol. The van der Waals surface area contributed by atoms with Crippen molar-refractivity contribution in [3.8, 4) is 10.6 Å². The minimum atomic E-state index is -0.569. The summed E-state index contributed by atoms with van der Waals surface area (Å²) in [6.45, 7) is 5.49. The molecule has 1 aliphatic rings. The van der Waals surface area contributed by atoms with Crippen LogP contribution in [-0.4, -0.2) is 45.8 Å². The first-order valence-electron chi connectivity index (χ1n) is 11.0. The molecule has 0 unspecified atom stereocenters. The molecule has 0 spiro atoms. The number of urea groups is 1. The van der Waals surface area contributed by atoms with Gasteiger partial charge in [-0.1, -0.05) is 12.8 Å². The number of anilines is 2. The summed E-state index contributed by atoms with van der Waals surface area (Å²) in [5.41, 5.74) is 1.13. The molecule has 2 N–H and O–H groups in total. The molecule has 3 heterocycles. The number of rotatable bonds is 4. The van der Waals surface area contributed by atoms with Crippen LogP contribution in [0.15, 0.2) is 30.5 Å². The molecule has 3 aromatic heterocycles. The zero-order chi connectivity index (χ0) is 23.6. The second-order valence-electron chi connectivity index (χ2n) is 9.05. The molecule has 10 heteroatoms. The van der Waals surface area contributed by atoms with Crippen LogP contribution in [0.3, 0.4) is 0 Å². The molecule has 0 atom stereocenters. The van der Waals surface area contributed by atoms with Crippen LogP contribution in [0.5, 0.6) is 0 Å². The summed E-state index contributed by atoms with van der Waals surface area (Å²) >= 11 is 1.40. The molecular weight excluding hydrogens is 440 g/mol. The zero-order valence-electron chi connectivity index (χ0n) is 19.2. The Morgan fingerprint density at radius 1 is 1.12 bits per heavy atom. The maximum Gasteiger partial charge on any atom is 0.415 e. The van der Waals surface area contributed by atoms with Gasteiger partial charge in [-0.05, 0) is 57.9 Å². The summed E-state index contributed by atoms with van der Waals surface area (Å²) in [7, 11) is 1.67. The summed E-state index contributed by atoms with van der Waals surface area (Å²) in [4.78, 5) is 40.5. The lowest BCUT2D eigenvalue weighted by molar-refractivity contribution is 0.0590. The first-order chi connectivity index (χ1) is 15.7. The van der Waals surface area contributed by atoms with E-state index in [-0.39, 0.29) is 12.1 Å². The number of pyridine rings is 1. The van der Waals surface area contributed by atoms with Crippen molar-refractivity contribution in [3.63, 3.8) is 0 Å². The van der Waals surface area contributed by atoms with Crippen LogP contribution >= 0.6 is 11.3 Å². The molecule has 174 valence electrons. The Labute approximate surface area is 196 Å². The van der Waals surface area contributed by atoms with Crippen LogP contribution in [0.2, 0.25) is 0 Å². The van der Waals surface area contributed by atoms with Gasteiger partial charge in [-0.15, -0.1) is 11.3 Å². The van der Waals surface area contributed by atoms with E-state index >= 15 is 0 Å². The van der Waals surface area contributed by atoms with Gasteiger partial charge in [0.25, 0.3) is 0 Å². The molecule has 0 aliphatic heterocycles. The normalized spacial score (nSPS) is 14.3. The highest BCUT2D eigenvalue weighted by Crippen LogP contribution is 2.33. The Morgan fingerprint density at radius 3 is 2.61 bits per heavy atom. The van der Waals surface area contributed by atoms with Gasteiger partial charge in [-0.3, -0.25) is 15.2 Å². The highest BCUT2D eigenvalue weighted by atomic mass is 32.1.